The molecule has 0 aliphatic carbocycles. The molecule has 2 heterocycles. The number of carbonyl (C=O) groups excluding carboxylic acids is 1. The molecular weight excluding hydrogens is 316 g/mol. The second kappa shape index (κ2) is 4.97. The molecule has 104 valence electrons. The summed E-state index contributed by atoms with van der Waals surface area (Å²) in [5.74, 6) is -1.28. The van der Waals surface area contributed by atoms with E-state index in [2.05, 4.69) is 21.2 Å². The minimum absolute atomic E-state index is 0.101. The summed E-state index contributed by atoms with van der Waals surface area (Å²) in [7, 11) is 1.75. The molecule has 2 unspecified atom stereocenters. The fourth-order valence-electron chi connectivity index (χ4n) is 2.07. The van der Waals surface area contributed by atoms with Crippen LogP contribution in [0.3, 0.4) is 0 Å². The molecular formula is C12H15BrN2O4. The van der Waals surface area contributed by atoms with Crippen LogP contribution < -0.4 is 5.32 Å². The zero-order valence-electron chi connectivity index (χ0n) is 10.6. The fraction of sp³-hybridized carbons (Fsp3) is 0.500. The van der Waals surface area contributed by atoms with E-state index in [0.717, 1.165) is 4.47 Å². The smallest absolute Gasteiger partial charge is 0.313 e. The van der Waals surface area contributed by atoms with E-state index in [1.165, 1.54) is 0 Å². The number of carbonyl (C=O) groups is 2. The van der Waals surface area contributed by atoms with Gasteiger partial charge < -0.3 is 19.7 Å². The van der Waals surface area contributed by atoms with Crippen molar-refractivity contribution in [2.45, 2.75) is 13.0 Å². The molecule has 0 radical (unpaired) electrons. The van der Waals surface area contributed by atoms with Gasteiger partial charge in [0, 0.05) is 17.7 Å². The molecule has 0 bridgehead atoms. The Labute approximate surface area is 118 Å². The first kappa shape index (κ1) is 14.1. The maximum absolute atomic E-state index is 12.1. The van der Waals surface area contributed by atoms with Crippen LogP contribution in [-0.4, -0.2) is 40.8 Å². The van der Waals surface area contributed by atoms with Crippen LogP contribution in [0, 0.1) is 5.41 Å². The molecule has 1 aromatic heterocycles. The van der Waals surface area contributed by atoms with Crippen molar-refractivity contribution in [1.29, 1.82) is 0 Å². The van der Waals surface area contributed by atoms with Gasteiger partial charge in [-0.25, -0.2) is 0 Å². The third kappa shape index (κ3) is 2.52. The van der Waals surface area contributed by atoms with Crippen LogP contribution in [0.4, 0.5) is 0 Å². The molecule has 2 N–H and O–H groups in total. The summed E-state index contributed by atoms with van der Waals surface area (Å²) in [6, 6.07) is 1.15. The lowest BCUT2D eigenvalue weighted by Crippen LogP contribution is -2.49. The van der Waals surface area contributed by atoms with Gasteiger partial charge in [-0.3, -0.25) is 9.59 Å². The highest BCUT2D eigenvalue weighted by atomic mass is 79.9. The number of aromatic nitrogens is 1. The Bertz CT molecular complexity index is 528. The summed E-state index contributed by atoms with van der Waals surface area (Å²) in [5, 5.41) is 12.0. The number of carboxylic acid groups (broad SMARTS) is 1. The number of ether oxygens (including phenoxy) is 1. The van der Waals surface area contributed by atoms with Crippen molar-refractivity contribution in [2.24, 2.45) is 12.5 Å². The third-order valence-electron chi connectivity index (χ3n) is 3.45. The van der Waals surface area contributed by atoms with Crippen molar-refractivity contribution in [2.75, 3.05) is 13.2 Å². The average Bonchev–Trinajstić information content (AvgIpc) is 2.84. The first-order valence-electron chi connectivity index (χ1n) is 5.78. The first-order chi connectivity index (χ1) is 8.84. The Morgan fingerprint density at radius 3 is 2.84 bits per heavy atom. The first-order valence-corrected chi connectivity index (χ1v) is 6.58. The maximum atomic E-state index is 12.1. The van der Waals surface area contributed by atoms with Crippen molar-refractivity contribution in [1.82, 2.24) is 9.88 Å². The second-order valence-corrected chi connectivity index (χ2v) is 5.83. The normalized spacial score (nSPS) is 26.4. The molecule has 2 atom stereocenters. The fourth-order valence-corrected chi connectivity index (χ4v) is 2.59. The van der Waals surface area contributed by atoms with Gasteiger partial charge in [0.05, 0.1) is 19.3 Å². The molecule has 1 saturated heterocycles. The summed E-state index contributed by atoms with van der Waals surface area (Å²) in [5.41, 5.74) is -0.621. The molecule has 1 aliphatic heterocycles. The van der Waals surface area contributed by atoms with Gasteiger partial charge in [0.25, 0.3) is 5.91 Å². The molecule has 1 aromatic rings. The molecule has 0 spiro atoms. The number of amides is 1. The zero-order valence-corrected chi connectivity index (χ0v) is 12.2. The summed E-state index contributed by atoms with van der Waals surface area (Å²) in [6.45, 7) is 1.89. The summed E-state index contributed by atoms with van der Waals surface area (Å²) < 4.78 is 7.66. The molecule has 7 heteroatoms. The third-order valence-corrected chi connectivity index (χ3v) is 3.89. The lowest BCUT2D eigenvalue weighted by atomic mass is 9.85. The number of nitrogens with one attached hydrogen (secondary N) is 1. The molecule has 1 aliphatic rings. The van der Waals surface area contributed by atoms with E-state index in [4.69, 9.17) is 4.74 Å². The van der Waals surface area contributed by atoms with Crippen molar-refractivity contribution in [3.63, 3.8) is 0 Å². The summed E-state index contributed by atoms with van der Waals surface area (Å²) in [4.78, 5) is 23.4. The van der Waals surface area contributed by atoms with Crippen LogP contribution in [-0.2, 0) is 16.6 Å². The van der Waals surface area contributed by atoms with Crippen LogP contribution in [0.5, 0.6) is 0 Å². The van der Waals surface area contributed by atoms with E-state index < -0.39 is 17.4 Å². The number of rotatable bonds is 3. The quantitative estimate of drug-likeness (QED) is 0.866. The molecule has 1 amide bonds. The van der Waals surface area contributed by atoms with E-state index in [1.807, 2.05) is 0 Å². The van der Waals surface area contributed by atoms with Gasteiger partial charge in [0.15, 0.2) is 0 Å². The topological polar surface area (TPSA) is 80.6 Å². The van der Waals surface area contributed by atoms with E-state index in [9.17, 15) is 14.7 Å². The van der Waals surface area contributed by atoms with Crippen LogP contribution in [0.2, 0.25) is 0 Å². The highest BCUT2D eigenvalue weighted by molar-refractivity contribution is 9.10. The highest BCUT2D eigenvalue weighted by Gasteiger charge is 2.47. The van der Waals surface area contributed by atoms with Crippen molar-refractivity contribution < 1.29 is 19.4 Å². The lowest BCUT2D eigenvalue weighted by molar-refractivity contribution is -0.148. The second-order valence-electron chi connectivity index (χ2n) is 4.92. The van der Waals surface area contributed by atoms with Crippen LogP contribution in [0.1, 0.15) is 17.4 Å². The average molecular weight is 331 g/mol. The van der Waals surface area contributed by atoms with Gasteiger partial charge in [-0.05, 0) is 28.9 Å². The van der Waals surface area contributed by atoms with Crippen molar-refractivity contribution in [3.8, 4) is 0 Å². The molecule has 0 aromatic carbocycles. The molecule has 2 rings (SSSR count). The predicted octanol–water partition coefficient (Wildman–Crippen LogP) is 1.01. The van der Waals surface area contributed by atoms with Gasteiger partial charge in [0.2, 0.25) is 0 Å². The lowest BCUT2D eigenvalue weighted by Gasteiger charge is -2.25. The van der Waals surface area contributed by atoms with Gasteiger partial charge in [-0.1, -0.05) is 0 Å². The summed E-state index contributed by atoms with van der Waals surface area (Å²) in [6.07, 6.45) is 1.76. The molecule has 19 heavy (non-hydrogen) atoms. The largest absolute Gasteiger partial charge is 0.481 e. The van der Waals surface area contributed by atoms with Crippen LogP contribution in [0.15, 0.2) is 16.7 Å². The van der Waals surface area contributed by atoms with Crippen molar-refractivity contribution in [3.05, 3.63) is 22.4 Å². The van der Waals surface area contributed by atoms with E-state index in [0.29, 0.717) is 5.69 Å². The number of hydrogen-bond donors (Lipinski definition) is 2. The Morgan fingerprint density at radius 1 is 1.63 bits per heavy atom. The van der Waals surface area contributed by atoms with Gasteiger partial charge in [-0.15, -0.1) is 0 Å². The maximum Gasteiger partial charge on any atom is 0.313 e. The van der Waals surface area contributed by atoms with Crippen LogP contribution >= 0.6 is 15.9 Å². The Balaban J connectivity index is 2.15. The molecule has 0 saturated carbocycles. The predicted molar refractivity (Wildman–Crippen MR) is 70.9 cm³/mol. The van der Waals surface area contributed by atoms with E-state index >= 15 is 0 Å². The number of nitrogens with zero attached hydrogens (tertiary/aromatic N) is 1. The molecule has 1 fully saturated rings. The Morgan fingerprint density at radius 2 is 2.32 bits per heavy atom. The van der Waals surface area contributed by atoms with E-state index in [1.54, 1.807) is 30.8 Å². The minimum atomic E-state index is -1.09. The SMILES string of the molecule is Cn1cc(Br)cc1C(=O)NC1COCC1(C)C(=O)O. The standard InChI is InChI=1S/C12H15BrN2O4/c1-12(11(17)18)6-19-5-9(12)14-10(16)8-3-7(13)4-15(8)2/h3-4,9H,5-6H2,1-2H3,(H,14,16)(H,17,18). The Hall–Kier alpha value is -1.34. The monoisotopic (exact) mass is 330 g/mol. The minimum Gasteiger partial charge on any atom is -0.481 e. The number of halogens is 1. The van der Waals surface area contributed by atoms with Gasteiger partial charge in [-0.2, -0.15) is 0 Å². The number of carboxylic acids is 1. The number of aliphatic carboxylic acids is 1. The number of aryl methyl sites for hydroxylation is 1. The van der Waals surface area contributed by atoms with Gasteiger partial charge >= 0.3 is 5.97 Å². The van der Waals surface area contributed by atoms with E-state index in [-0.39, 0.29) is 19.1 Å². The van der Waals surface area contributed by atoms with Crippen molar-refractivity contribution >= 4 is 27.8 Å². The number of hydrogen-bond acceptors (Lipinski definition) is 3. The van der Waals surface area contributed by atoms with Crippen LogP contribution in [0.25, 0.3) is 0 Å². The van der Waals surface area contributed by atoms with Gasteiger partial charge in [0.1, 0.15) is 11.1 Å². The highest BCUT2D eigenvalue weighted by Crippen LogP contribution is 2.29. The molecule has 6 nitrogen and oxygen atoms in total. The zero-order chi connectivity index (χ0) is 14.2. The Kier molecular flexibility index (Phi) is 3.69. The summed E-state index contributed by atoms with van der Waals surface area (Å²) >= 11 is 3.29.